The fourth-order valence-electron chi connectivity index (χ4n) is 3.54. The maximum absolute atomic E-state index is 10.7. The van der Waals surface area contributed by atoms with Gasteiger partial charge in [-0.05, 0) is 78.6 Å². The monoisotopic (exact) mass is 348 g/mol. The molecule has 0 aromatic heterocycles. The first-order valence-corrected chi connectivity index (χ1v) is 9.08. The molecule has 26 heavy (non-hydrogen) atoms. The van der Waals surface area contributed by atoms with Gasteiger partial charge < -0.3 is 10.2 Å². The zero-order chi connectivity index (χ0) is 18.5. The third kappa shape index (κ3) is 4.23. The molecule has 2 N–H and O–H groups in total. The number of carboxylic acid groups (broad SMARTS) is 1. The Morgan fingerprint density at radius 3 is 2.23 bits per heavy atom. The van der Waals surface area contributed by atoms with Gasteiger partial charge in [0.1, 0.15) is 5.75 Å². The first-order valence-electron chi connectivity index (χ1n) is 9.08. The van der Waals surface area contributed by atoms with Gasteiger partial charge in [-0.2, -0.15) is 0 Å². The van der Waals surface area contributed by atoms with Crippen molar-refractivity contribution in [1.29, 1.82) is 0 Å². The van der Waals surface area contributed by atoms with E-state index in [-0.39, 0.29) is 0 Å². The second-order valence-electron chi connectivity index (χ2n) is 6.83. The van der Waals surface area contributed by atoms with E-state index in [1.807, 2.05) is 31.2 Å². The Morgan fingerprint density at radius 2 is 1.62 bits per heavy atom. The number of hydrogen-bond donors (Lipinski definition) is 2. The number of aliphatic carboxylic acids is 1. The predicted molar refractivity (Wildman–Crippen MR) is 105 cm³/mol. The van der Waals surface area contributed by atoms with Crippen molar-refractivity contribution in [2.75, 3.05) is 0 Å². The summed E-state index contributed by atoms with van der Waals surface area (Å²) in [5, 5.41) is 18.6. The van der Waals surface area contributed by atoms with Crippen molar-refractivity contribution in [1.82, 2.24) is 0 Å². The normalized spacial score (nSPS) is 14.6. The summed E-state index contributed by atoms with van der Waals surface area (Å²) in [5.41, 5.74) is 6.73. The molecule has 1 aliphatic rings. The quantitative estimate of drug-likeness (QED) is 0.711. The van der Waals surface area contributed by atoms with Gasteiger partial charge in [0.25, 0.3) is 0 Å². The van der Waals surface area contributed by atoms with Crippen molar-refractivity contribution in [3.63, 3.8) is 0 Å². The summed E-state index contributed by atoms with van der Waals surface area (Å²) >= 11 is 0. The molecule has 3 rings (SSSR count). The molecule has 2 aromatic rings. The Labute approximate surface area is 154 Å². The van der Waals surface area contributed by atoms with Crippen molar-refractivity contribution < 1.29 is 15.0 Å². The molecule has 0 unspecified atom stereocenters. The average molecular weight is 348 g/mol. The van der Waals surface area contributed by atoms with Crippen molar-refractivity contribution >= 4 is 17.6 Å². The van der Waals surface area contributed by atoms with E-state index in [0.29, 0.717) is 5.75 Å². The van der Waals surface area contributed by atoms with Gasteiger partial charge >= 0.3 is 5.97 Å². The van der Waals surface area contributed by atoms with E-state index in [4.69, 9.17) is 5.11 Å². The summed E-state index contributed by atoms with van der Waals surface area (Å²) in [5.74, 6) is -0.630. The van der Waals surface area contributed by atoms with E-state index in [1.54, 1.807) is 12.1 Å². The predicted octanol–water partition coefficient (Wildman–Crippen LogP) is 5.56. The standard InChI is InChI=1S/C23H24O3/c1-16-15-20(12-13-21(16)24)23(18-5-3-2-4-6-18)19-10-7-17(8-11-19)9-14-22(25)26/h7-15,24H,2-6H2,1H3,(H,25,26). The first kappa shape index (κ1) is 18.0. The fourth-order valence-corrected chi connectivity index (χ4v) is 3.54. The summed E-state index contributed by atoms with van der Waals surface area (Å²) < 4.78 is 0. The van der Waals surface area contributed by atoms with Crippen LogP contribution in [0.25, 0.3) is 11.6 Å². The van der Waals surface area contributed by atoms with Crippen LogP contribution in [0.15, 0.2) is 54.1 Å². The lowest BCUT2D eigenvalue weighted by Crippen LogP contribution is -2.00. The van der Waals surface area contributed by atoms with Gasteiger partial charge in [0.2, 0.25) is 0 Å². The number of rotatable bonds is 4. The molecule has 1 aliphatic carbocycles. The number of allylic oxidation sites excluding steroid dienone is 1. The molecule has 3 nitrogen and oxygen atoms in total. The van der Waals surface area contributed by atoms with Crippen molar-refractivity contribution in [3.8, 4) is 5.75 Å². The minimum atomic E-state index is -0.946. The maximum atomic E-state index is 10.7. The number of aromatic hydroxyl groups is 1. The zero-order valence-electron chi connectivity index (χ0n) is 15.0. The third-order valence-electron chi connectivity index (χ3n) is 4.91. The highest BCUT2D eigenvalue weighted by Gasteiger charge is 2.15. The summed E-state index contributed by atoms with van der Waals surface area (Å²) in [6, 6.07) is 13.8. The number of hydrogen-bond acceptors (Lipinski definition) is 2. The van der Waals surface area contributed by atoms with Crippen LogP contribution in [0.3, 0.4) is 0 Å². The van der Waals surface area contributed by atoms with E-state index in [1.165, 1.54) is 30.4 Å². The van der Waals surface area contributed by atoms with Crippen LogP contribution in [0.4, 0.5) is 0 Å². The van der Waals surface area contributed by atoms with Gasteiger partial charge in [-0.3, -0.25) is 0 Å². The first-order chi connectivity index (χ1) is 12.5. The minimum absolute atomic E-state index is 0.316. The van der Waals surface area contributed by atoms with Crippen LogP contribution in [-0.4, -0.2) is 16.2 Å². The molecule has 0 heterocycles. The molecule has 1 fully saturated rings. The molecule has 0 amide bonds. The van der Waals surface area contributed by atoms with E-state index >= 15 is 0 Å². The number of benzene rings is 2. The van der Waals surface area contributed by atoms with E-state index in [2.05, 4.69) is 12.1 Å². The number of phenolic OH excluding ortho intramolecular Hbond substituents is 1. The van der Waals surface area contributed by atoms with E-state index in [0.717, 1.165) is 41.2 Å². The van der Waals surface area contributed by atoms with Crippen LogP contribution < -0.4 is 0 Å². The lowest BCUT2D eigenvalue weighted by molar-refractivity contribution is -0.131. The Balaban J connectivity index is 2.03. The Hall–Kier alpha value is -2.81. The average Bonchev–Trinajstić information content (AvgIpc) is 2.65. The van der Waals surface area contributed by atoms with E-state index in [9.17, 15) is 9.90 Å². The van der Waals surface area contributed by atoms with Gasteiger partial charge in [-0.1, -0.05) is 42.3 Å². The molecule has 0 atom stereocenters. The molecular weight excluding hydrogens is 324 g/mol. The van der Waals surface area contributed by atoms with Gasteiger partial charge in [0, 0.05) is 6.08 Å². The van der Waals surface area contributed by atoms with Crippen LogP contribution in [0.5, 0.6) is 5.75 Å². The highest BCUT2D eigenvalue weighted by Crippen LogP contribution is 2.36. The molecule has 0 bridgehead atoms. The minimum Gasteiger partial charge on any atom is -0.508 e. The van der Waals surface area contributed by atoms with Crippen LogP contribution in [-0.2, 0) is 4.79 Å². The molecule has 0 saturated heterocycles. The molecule has 0 spiro atoms. The summed E-state index contributed by atoms with van der Waals surface area (Å²) in [7, 11) is 0. The largest absolute Gasteiger partial charge is 0.508 e. The molecule has 0 radical (unpaired) electrons. The number of phenols is 1. The lowest BCUT2D eigenvalue weighted by Gasteiger charge is -2.21. The highest BCUT2D eigenvalue weighted by atomic mass is 16.4. The summed E-state index contributed by atoms with van der Waals surface area (Å²) in [6.45, 7) is 1.92. The molecule has 0 aliphatic heterocycles. The topological polar surface area (TPSA) is 57.5 Å². The number of aryl methyl sites for hydroxylation is 1. The van der Waals surface area contributed by atoms with Crippen molar-refractivity contribution in [2.24, 2.45) is 0 Å². The smallest absolute Gasteiger partial charge is 0.328 e. The van der Waals surface area contributed by atoms with Crippen LogP contribution >= 0.6 is 0 Å². The van der Waals surface area contributed by atoms with Gasteiger partial charge in [0.15, 0.2) is 0 Å². The maximum Gasteiger partial charge on any atom is 0.328 e. The summed E-state index contributed by atoms with van der Waals surface area (Å²) in [4.78, 5) is 10.7. The molecule has 3 heteroatoms. The third-order valence-corrected chi connectivity index (χ3v) is 4.91. The summed E-state index contributed by atoms with van der Waals surface area (Å²) in [6.07, 6.45) is 8.68. The SMILES string of the molecule is Cc1cc(C(=C2CCCCC2)c2ccc(C=CC(=O)O)cc2)ccc1O. The second kappa shape index (κ2) is 8.05. The Bertz CT molecular complexity index is 850. The number of carbonyl (C=O) groups is 1. The van der Waals surface area contributed by atoms with Gasteiger partial charge in [0.05, 0.1) is 0 Å². The molecular formula is C23H24O3. The number of carboxylic acids is 1. The Morgan fingerprint density at radius 1 is 0.962 bits per heavy atom. The fraction of sp³-hybridized carbons (Fsp3) is 0.261. The van der Waals surface area contributed by atoms with Gasteiger partial charge in [-0.25, -0.2) is 4.79 Å². The van der Waals surface area contributed by atoms with Crippen LogP contribution in [0.2, 0.25) is 0 Å². The highest BCUT2D eigenvalue weighted by molar-refractivity contribution is 5.86. The second-order valence-corrected chi connectivity index (χ2v) is 6.83. The Kier molecular flexibility index (Phi) is 5.57. The van der Waals surface area contributed by atoms with Crippen molar-refractivity contribution in [2.45, 2.75) is 39.0 Å². The van der Waals surface area contributed by atoms with Crippen LogP contribution in [0.1, 0.15) is 54.4 Å². The molecule has 134 valence electrons. The van der Waals surface area contributed by atoms with Crippen molar-refractivity contribution in [3.05, 3.63) is 76.4 Å². The van der Waals surface area contributed by atoms with E-state index < -0.39 is 5.97 Å². The molecule has 2 aromatic carbocycles. The molecule has 1 saturated carbocycles. The lowest BCUT2D eigenvalue weighted by atomic mass is 9.84. The zero-order valence-corrected chi connectivity index (χ0v) is 15.0. The van der Waals surface area contributed by atoms with Gasteiger partial charge in [-0.15, -0.1) is 0 Å². The van der Waals surface area contributed by atoms with Crippen LogP contribution in [0, 0.1) is 6.92 Å².